The van der Waals surface area contributed by atoms with E-state index in [0.717, 1.165) is 31.0 Å². The van der Waals surface area contributed by atoms with Gasteiger partial charge in [0.15, 0.2) is 0 Å². The van der Waals surface area contributed by atoms with E-state index in [2.05, 4.69) is 10.6 Å². The lowest BCUT2D eigenvalue weighted by Gasteiger charge is -2.45. The number of nitrogens with one attached hydrogen (secondary N) is 2. The molecule has 0 aliphatic carbocycles. The molecule has 0 aromatic carbocycles. The Kier molecular flexibility index (Phi) is 5.61. The maximum atomic E-state index is 12.5. The number of carboxylic acid groups (broad SMARTS) is 1. The van der Waals surface area contributed by atoms with Gasteiger partial charge < -0.3 is 25.6 Å². The molecule has 0 aromatic rings. The fraction of sp³-hybridized carbons (Fsp3) is 0.789. The summed E-state index contributed by atoms with van der Waals surface area (Å²) >= 11 is 1.64. The number of hydrogen-bond donors (Lipinski definition) is 4. The first-order valence-corrected chi connectivity index (χ1v) is 11.0. The van der Waals surface area contributed by atoms with Crippen molar-refractivity contribution in [2.75, 3.05) is 19.6 Å². The second-order valence-electron chi connectivity index (χ2n) is 8.37. The third-order valence-corrected chi connectivity index (χ3v) is 8.11. The highest BCUT2D eigenvalue weighted by Crippen LogP contribution is 2.52. The monoisotopic (exact) mass is 411 g/mol. The lowest BCUT2D eigenvalue weighted by molar-refractivity contribution is -0.163. The van der Waals surface area contributed by atoms with Crippen LogP contribution < -0.4 is 10.6 Å². The second kappa shape index (κ2) is 7.85. The predicted molar refractivity (Wildman–Crippen MR) is 104 cm³/mol. The van der Waals surface area contributed by atoms with Crippen LogP contribution in [0.15, 0.2) is 10.8 Å². The van der Waals surface area contributed by atoms with Crippen molar-refractivity contribution >= 4 is 23.8 Å². The van der Waals surface area contributed by atoms with Gasteiger partial charge in [0.1, 0.15) is 0 Å². The molecule has 0 unspecified atom stereocenters. The lowest BCUT2D eigenvalue weighted by Crippen LogP contribution is -2.63. The zero-order valence-electron chi connectivity index (χ0n) is 16.3. The standard InChI is InChI=1S/C19H29N3O5S/c1-9-15-14(10(2)23)17(24)22(15)18(27-19(25)26)16(9)28-12-7-13(21-8-12)11-3-5-20-6-4-11/h9-15,20-21,23H,3-8H2,1-2H3,(H,25,26)/t9-,10-,12+,13+,14-,15-/m1/s1. The minimum Gasteiger partial charge on any atom is -0.449 e. The molecule has 9 heteroatoms. The van der Waals surface area contributed by atoms with E-state index in [0.29, 0.717) is 17.2 Å². The van der Waals surface area contributed by atoms with Crippen molar-refractivity contribution in [1.29, 1.82) is 0 Å². The van der Waals surface area contributed by atoms with E-state index < -0.39 is 18.2 Å². The summed E-state index contributed by atoms with van der Waals surface area (Å²) in [6, 6.07) is 0.267. The van der Waals surface area contributed by atoms with Crippen LogP contribution in [0.5, 0.6) is 0 Å². The van der Waals surface area contributed by atoms with Gasteiger partial charge in [0, 0.05) is 23.8 Å². The van der Waals surface area contributed by atoms with Crippen molar-refractivity contribution in [3.05, 3.63) is 10.8 Å². The molecule has 1 amide bonds. The van der Waals surface area contributed by atoms with Gasteiger partial charge in [-0.25, -0.2) is 4.79 Å². The highest BCUT2D eigenvalue weighted by Gasteiger charge is 2.60. The van der Waals surface area contributed by atoms with Crippen molar-refractivity contribution in [2.24, 2.45) is 17.8 Å². The summed E-state index contributed by atoms with van der Waals surface area (Å²) in [5.74, 6) is 0.0370. The van der Waals surface area contributed by atoms with Crippen LogP contribution in [0.4, 0.5) is 4.79 Å². The summed E-state index contributed by atoms with van der Waals surface area (Å²) < 4.78 is 5.05. The third-order valence-electron chi connectivity index (χ3n) is 6.62. The van der Waals surface area contributed by atoms with Crippen molar-refractivity contribution in [3.8, 4) is 0 Å². The van der Waals surface area contributed by atoms with Crippen molar-refractivity contribution in [3.63, 3.8) is 0 Å². The molecular weight excluding hydrogens is 382 g/mol. The van der Waals surface area contributed by atoms with Crippen LogP contribution in [0.1, 0.15) is 33.1 Å². The number of ether oxygens (including phenoxy) is 1. The van der Waals surface area contributed by atoms with Crippen molar-refractivity contribution < 1.29 is 24.5 Å². The number of hydrogen-bond acceptors (Lipinski definition) is 7. The molecule has 4 N–H and O–H groups in total. The molecule has 0 aromatic heterocycles. The zero-order valence-corrected chi connectivity index (χ0v) is 17.1. The first-order chi connectivity index (χ1) is 13.4. The number of piperidine rings is 1. The van der Waals surface area contributed by atoms with Crippen LogP contribution in [-0.4, -0.2) is 70.2 Å². The first-order valence-electron chi connectivity index (χ1n) is 10.1. The number of carbonyl (C=O) groups excluding carboxylic acids is 1. The molecule has 0 spiro atoms. The first kappa shape index (κ1) is 20.0. The highest BCUT2D eigenvalue weighted by atomic mass is 32.2. The molecule has 8 nitrogen and oxygen atoms in total. The maximum Gasteiger partial charge on any atom is 0.512 e. The highest BCUT2D eigenvalue weighted by molar-refractivity contribution is 8.03. The summed E-state index contributed by atoms with van der Waals surface area (Å²) in [6.07, 6.45) is 1.23. The Morgan fingerprint density at radius 3 is 2.71 bits per heavy atom. The molecule has 4 rings (SSSR count). The number of rotatable bonds is 5. The van der Waals surface area contributed by atoms with E-state index in [-0.39, 0.29) is 23.8 Å². The average molecular weight is 412 g/mol. The Hall–Kier alpha value is -1.29. The predicted octanol–water partition coefficient (Wildman–Crippen LogP) is 1.17. The largest absolute Gasteiger partial charge is 0.512 e. The van der Waals surface area contributed by atoms with Gasteiger partial charge in [0.05, 0.1) is 23.0 Å². The molecule has 0 radical (unpaired) electrons. The van der Waals surface area contributed by atoms with Gasteiger partial charge in [0.2, 0.25) is 11.8 Å². The van der Waals surface area contributed by atoms with E-state index in [1.165, 1.54) is 17.7 Å². The number of fused-ring (bicyclic) bond motifs is 1. The van der Waals surface area contributed by atoms with Crippen LogP contribution in [0.3, 0.4) is 0 Å². The summed E-state index contributed by atoms with van der Waals surface area (Å²) in [4.78, 5) is 26.0. The maximum absolute atomic E-state index is 12.5. The molecule has 4 aliphatic rings. The normalized spacial score (nSPS) is 37.0. The topological polar surface area (TPSA) is 111 Å². The summed E-state index contributed by atoms with van der Waals surface area (Å²) in [6.45, 7) is 6.61. The summed E-state index contributed by atoms with van der Waals surface area (Å²) in [7, 11) is 0. The zero-order chi connectivity index (χ0) is 20.0. The number of nitrogens with zero attached hydrogens (tertiary/aromatic N) is 1. The number of aliphatic hydroxyl groups excluding tert-OH is 1. The molecule has 0 saturated carbocycles. The Morgan fingerprint density at radius 1 is 1.36 bits per heavy atom. The average Bonchev–Trinajstić information content (AvgIpc) is 3.19. The molecular formula is C19H29N3O5S. The molecule has 156 valence electrons. The van der Waals surface area contributed by atoms with Crippen molar-refractivity contribution in [2.45, 2.75) is 56.5 Å². The minimum atomic E-state index is -1.41. The second-order valence-corrected chi connectivity index (χ2v) is 9.71. The molecule has 0 bridgehead atoms. The number of aliphatic hydroxyl groups is 1. The van der Waals surface area contributed by atoms with Crippen LogP contribution >= 0.6 is 11.8 Å². The van der Waals surface area contributed by atoms with Gasteiger partial charge >= 0.3 is 6.16 Å². The van der Waals surface area contributed by atoms with E-state index in [4.69, 9.17) is 9.84 Å². The van der Waals surface area contributed by atoms with Gasteiger partial charge in [0.25, 0.3) is 0 Å². The molecule has 3 saturated heterocycles. The quantitative estimate of drug-likeness (QED) is 0.394. The van der Waals surface area contributed by atoms with Gasteiger partial charge in [-0.05, 0) is 45.2 Å². The molecule has 3 fully saturated rings. The third kappa shape index (κ3) is 3.42. The minimum absolute atomic E-state index is 0.0467. The fourth-order valence-corrected chi connectivity index (χ4v) is 6.65. The van der Waals surface area contributed by atoms with Crippen LogP contribution in [0.2, 0.25) is 0 Å². The van der Waals surface area contributed by atoms with E-state index >= 15 is 0 Å². The molecule has 28 heavy (non-hydrogen) atoms. The van der Waals surface area contributed by atoms with Crippen LogP contribution in [0.25, 0.3) is 0 Å². The smallest absolute Gasteiger partial charge is 0.449 e. The van der Waals surface area contributed by atoms with Crippen LogP contribution in [0, 0.1) is 17.8 Å². The number of thioether (sulfide) groups is 1. The van der Waals surface area contributed by atoms with Gasteiger partial charge in [-0.15, -0.1) is 11.8 Å². The summed E-state index contributed by atoms with van der Waals surface area (Å²) in [5.41, 5.74) is 0. The Labute approximate surface area is 169 Å². The van der Waals surface area contributed by atoms with Gasteiger partial charge in [-0.2, -0.15) is 0 Å². The molecule has 6 atom stereocenters. The van der Waals surface area contributed by atoms with Gasteiger partial charge in [-0.3, -0.25) is 9.69 Å². The van der Waals surface area contributed by atoms with Crippen molar-refractivity contribution in [1.82, 2.24) is 15.5 Å². The Morgan fingerprint density at radius 2 is 2.07 bits per heavy atom. The van der Waals surface area contributed by atoms with E-state index in [9.17, 15) is 14.7 Å². The van der Waals surface area contributed by atoms with E-state index in [1.54, 1.807) is 18.7 Å². The molecule has 4 aliphatic heterocycles. The Bertz CT molecular complexity index is 678. The van der Waals surface area contributed by atoms with E-state index in [1.807, 2.05) is 6.92 Å². The molecule has 4 heterocycles. The number of amides is 1. The lowest BCUT2D eigenvalue weighted by atomic mass is 9.79. The van der Waals surface area contributed by atoms with Crippen LogP contribution in [-0.2, 0) is 9.53 Å². The Balaban J connectivity index is 1.48. The SMILES string of the molecule is C[C@@H](O)[C@H]1C(=O)N2C(OC(=O)O)=C(S[C@@H]3CN[C@H](C4CCNCC4)C3)[C@H](C)[C@H]12. The van der Waals surface area contributed by atoms with Gasteiger partial charge in [-0.1, -0.05) is 6.92 Å². The number of carbonyl (C=O) groups is 2. The number of β-lactam (4-membered cyclic amide) rings is 1. The fourth-order valence-electron chi connectivity index (χ4n) is 5.21. The summed E-state index contributed by atoms with van der Waals surface area (Å²) in [5, 5.41) is 26.5.